The van der Waals surface area contributed by atoms with Gasteiger partial charge in [0.15, 0.2) is 0 Å². The van der Waals surface area contributed by atoms with Crippen molar-refractivity contribution in [1.82, 2.24) is 15.1 Å². The first-order valence-corrected chi connectivity index (χ1v) is 13.3. The zero-order chi connectivity index (χ0) is 20.9. The summed E-state index contributed by atoms with van der Waals surface area (Å²) in [5.74, 6) is 1.77. The monoisotopic (exact) mass is 455 g/mol. The molecule has 3 aliphatic heterocycles. The first-order chi connectivity index (χ1) is 14.4. The molecular formula is C22H34ClN3O3S. The smallest absolute Gasteiger partial charge is 0.254 e. The molecule has 0 aromatic heterocycles. The van der Waals surface area contributed by atoms with Crippen LogP contribution in [0.3, 0.4) is 0 Å². The standard InChI is InChI=1S/C22H34ClN3O3S/c23-16-13-14(17-3-4-19-18(24-17)5-12-30-19)1-2-15(16)20(27)25-8-10-26(11-9-25)21(28)22(29)6-7-22/h14-19,24,29H,1-13H2. The van der Waals surface area contributed by atoms with E-state index in [1.165, 1.54) is 25.0 Å². The molecule has 168 valence electrons. The van der Waals surface area contributed by atoms with Crippen LogP contribution in [0, 0.1) is 11.8 Å². The number of nitrogens with zero attached hydrogens (tertiary/aromatic N) is 2. The number of rotatable bonds is 3. The zero-order valence-electron chi connectivity index (χ0n) is 17.6. The molecule has 2 amide bonds. The van der Waals surface area contributed by atoms with Crippen LogP contribution in [-0.4, -0.2) is 87.0 Å². The third kappa shape index (κ3) is 4.12. The van der Waals surface area contributed by atoms with Gasteiger partial charge in [0.05, 0.1) is 5.92 Å². The highest BCUT2D eigenvalue weighted by Gasteiger charge is 2.50. The number of aliphatic hydroxyl groups is 1. The lowest BCUT2D eigenvalue weighted by molar-refractivity contribution is -0.148. The Morgan fingerprint density at radius 2 is 1.70 bits per heavy atom. The maximum Gasteiger partial charge on any atom is 0.254 e. The molecule has 0 bridgehead atoms. The quantitative estimate of drug-likeness (QED) is 0.635. The van der Waals surface area contributed by atoms with Crippen molar-refractivity contribution in [3.8, 4) is 0 Å². The second-order valence-corrected chi connectivity index (χ2v) is 11.9. The van der Waals surface area contributed by atoms with Crippen molar-refractivity contribution < 1.29 is 14.7 Å². The van der Waals surface area contributed by atoms with Gasteiger partial charge in [-0.15, -0.1) is 11.6 Å². The molecule has 6 atom stereocenters. The number of hydrogen-bond donors (Lipinski definition) is 2. The fourth-order valence-electron chi connectivity index (χ4n) is 5.98. The summed E-state index contributed by atoms with van der Waals surface area (Å²) in [7, 11) is 0. The summed E-state index contributed by atoms with van der Waals surface area (Å²) in [6, 6.07) is 1.24. The van der Waals surface area contributed by atoms with Crippen LogP contribution >= 0.6 is 23.4 Å². The minimum atomic E-state index is -1.11. The molecule has 0 aromatic carbocycles. The van der Waals surface area contributed by atoms with Crippen LogP contribution in [0.4, 0.5) is 0 Å². The topological polar surface area (TPSA) is 72.9 Å². The highest BCUT2D eigenvalue weighted by atomic mass is 35.5. The summed E-state index contributed by atoms with van der Waals surface area (Å²) in [6.45, 7) is 2.13. The molecule has 0 radical (unpaired) electrons. The number of hydrogen-bond acceptors (Lipinski definition) is 5. The van der Waals surface area contributed by atoms with Gasteiger partial charge in [-0.3, -0.25) is 9.59 Å². The number of amides is 2. The van der Waals surface area contributed by atoms with Crippen LogP contribution in [-0.2, 0) is 9.59 Å². The Kier molecular flexibility index (Phi) is 6.01. The van der Waals surface area contributed by atoms with Gasteiger partial charge in [0.1, 0.15) is 5.60 Å². The Morgan fingerprint density at radius 1 is 0.967 bits per heavy atom. The molecule has 2 aliphatic carbocycles. The molecule has 3 heterocycles. The number of fused-ring (bicyclic) bond motifs is 1. The van der Waals surface area contributed by atoms with E-state index in [4.69, 9.17) is 11.6 Å². The summed E-state index contributed by atoms with van der Waals surface area (Å²) < 4.78 is 0. The molecule has 0 aromatic rings. The molecule has 6 unspecified atom stereocenters. The molecule has 6 nitrogen and oxygen atoms in total. The lowest BCUT2D eigenvalue weighted by atomic mass is 9.75. The van der Waals surface area contributed by atoms with Crippen molar-refractivity contribution in [2.24, 2.45) is 11.8 Å². The van der Waals surface area contributed by atoms with E-state index in [1.54, 1.807) is 4.90 Å². The molecule has 0 spiro atoms. The Hall–Kier alpha value is -0.500. The van der Waals surface area contributed by atoms with Gasteiger partial charge >= 0.3 is 0 Å². The van der Waals surface area contributed by atoms with Crippen molar-refractivity contribution in [3.05, 3.63) is 0 Å². The average molecular weight is 456 g/mol. The van der Waals surface area contributed by atoms with Gasteiger partial charge in [0, 0.05) is 48.9 Å². The van der Waals surface area contributed by atoms with Crippen LogP contribution < -0.4 is 5.32 Å². The number of piperazine rings is 1. The summed E-state index contributed by atoms with van der Waals surface area (Å²) in [5, 5.41) is 14.7. The Bertz CT molecular complexity index is 683. The van der Waals surface area contributed by atoms with Crippen LogP contribution in [0.1, 0.15) is 51.4 Å². The number of alkyl halides is 1. The van der Waals surface area contributed by atoms with Crippen LogP contribution in [0.15, 0.2) is 0 Å². The molecular weight excluding hydrogens is 422 g/mol. The van der Waals surface area contributed by atoms with Gasteiger partial charge in [-0.1, -0.05) is 0 Å². The Morgan fingerprint density at radius 3 is 2.40 bits per heavy atom. The van der Waals surface area contributed by atoms with Crippen molar-refractivity contribution in [3.63, 3.8) is 0 Å². The van der Waals surface area contributed by atoms with E-state index in [-0.39, 0.29) is 23.1 Å². The minimum absolute atomic E-state index is 0.0967. The molecule has 5 fully saturated rings. The number of carbonyl (C=O) groups excluding carboxylic acids is 2. The highest BCUT2D eigenvalue weighted by Crippen LogP contribution is 2.41. The van der Waals surface area contributed by atoms with Gasteiger partial charge in [-0.25, -0.2) is 0 Å². The van der Waals surface area contributed by atoms with E-state index in [0.29, 0.717) is 57.0 Å². The largest absolute Gasteiger partial charge is 0.380 e. The fraction of sp³-hybridized carbons (Fsp3) is 0.909. The lowest BCUT2D eigenvalue weighted by Crippen LogP contribution is -2.56. The van der Waals surface area contributed by atoms with Gasteiger partial charge in [-0.05, 0) is 63.0 Å². The SMILES string of the molecule is O=C(C1CCC(C2CCC3SCCC3N2)CC1Cl)N1CCN(C(=O)C2(O)CC2)CC1. The van der Waals surface area contributed by atoms with Crippen molar-refractivity contribution in [1.29, 1.82) is 0 Å². The third-order valence-electron chi connectivity index (χ3n) is 8.10. The van der Waals surface area contributed by atoms with E-state index < -0.39 is 5.60 Å². The summed E-state index contributed by atoms with van der Waals surface area (Å²) >= 11 is 8.92. The molecule has 2 N–H and O–H groups in total. The van der Waals surface area contributed by atoms with Gasteiger partial charge in [-0.2, -0.15) is 11.8 Å². The molecule has 5 rings (SSSR count). The fourth-order valence-corrected chi connectivity index (χ4v) is 7.88. The van der Waals surface area contributed by atoms with Crippen molar-refractivity contribution in [2.75, 3.05) is 31.9 Å². The number of nitrogens with one attached hydrogen (secondary N) is 1. The maximum atomic E-state index is 13.2. The van der Waals surface area contributed by atoms with Crippen molar-refractivity contribution in [2.45, 2.75) is 79.7 Å². The molecule has 2 saturated carbocycles. The third-order valence-corrected chi connectivity index (χ3v) is 10.0. The predicted octanol–water partition coefficient (Wildman–Crippen LogP) is 1.83. The van der Waals surface area contributed by atoms with E-state index in [2.05, 4.69) is 17.1 Å². The van der Waals surface area contributed by atoms with Gasteiger partial charge < -0.3 is 20.2 Å². The molecule has 5 aliphatic rings. The van der Waals surface area contributed by atoms with E-state index in [1.807, 2.05) is 4.90 Å². The number of thioether (sulfide) groups is 1. The predicted molar refractivity (Wildman–Crippen MR) is 119 cm³/mol. The second kappa shape index (κ2) is 8.45. The van der Waals surface area contributed by atoms with Crippen molar-refractivity contribution >= 4 is 35.2 Å². The summed E-state index contributed by atoms with van der Waals surface area (Å²) in [6.07, 6.45) is 7.85. The Labute approximate surface area is 188 Å². The summed E-state index contributed by atoms with van der Waals surface area (Å²) in [4.78, 5) is 29.1. The Balaban J connectivity index is 1.11. The first-order valence-electron chi connectivity index (χ1n) is 11.8. The van der Waals surface area contributed by atoms with E-state index in [9.17, 15) is 14.7 Å². The normalized spacial score (nSPS) is 40.7. The van der Waals surface area contributed by atoms with Crippen LogP contribution in [0.25, 0.3) is 0 Å². The van der Waals surface area contributed by atoms with E-state index in [0.717, 1.165) is 24.5 Å². The highest BCUT2D eigenvalue weighted by molar-refractivity contribution is 8.00. The lowest BCUT2D eigenvalue weighted by Gasteiger charge is -2.43. The number of carbonyl (C=O) groups is 2. The zero-order valence-corrected chi connectivity index (χ0v) is 19.2. The second-order valence-electron chi connectivity index (χ2n) is 10.00. The average Bonchev–Trinajstić information content (AvgIpc) is 3.34. The molecule has 30 heavy (non-hydrogen) atoms. The number of piperidine rings is 1. The minimum Gasteiger partial charge on any atom is -0.380 e. The number of halogens is 1. The summed E-state index contributed by atoms with van der Waals surface area (Å²) in [5.41, 5.74) is -1.11. The molecule has 8 heteroatoms. The van der Waals surface area contributed by atoms with Crippen LogP contribution in [0.2, 0.25) is 0 Å². The van der Waals surface area contributed by atoms with Gasteiger partial charge in [0.2, 0.25) is 5.91 Å². The van der Waals surface area contributed by atoms with E-state index >= 15 is 0 Å². The maximum absolute atomic E-state index is 13.2. The van der Waals surface area contributed by atoms with Gasteiger partial charge in [0.25, 0.3) is 5.91 Å². The first kappa shape index (κ1) is 21.4. The molecule has 3 saturated heterocycles. The van der Waals surface area contributed by atoms with Crippen LogP contribution in [0.5, 0.6) is 0 Å².